The highest BCUT2D eigenvalue weighted by atomic mass is 35.5. The van der Waals surface area contributed by atoms with Crippen molar-refractivity contribution in [1.82, 2.24) is 0 Å². The lowest BCUT2D eigenvalue weighted by Crippen LogP contribution is -3.12. The summed E-state index contributed by atoms with van der Waals surface area (Å²) in [6.07, 6.45) is 0. The number of halogens is 1. The Balaban J connectivity index is 1.92. The lowest BCUT2D eigenvalue weighted by molar-refractivity contribution is -0.880. The van der Waals surface area contributed by atoms with Gasteiger partial charge in [-0.1, -0.05) is 17.7 Å². The van der Waals surface area contributed by atoms with Gasteiger partial charge < -0.3 is 15.1 Å². The summed E-state index contributed by atoms with van der Waals surface area (Å²) < 4.78 is 0. The molecular formula is C18H20ClN4O3+. The molecule has 1 amide bonds. The average molecular weight is 376 g/mol. The third-order valence-corrected chi connectivity index (χ3v) is 4.71. The fourth-order valence-corrected chi connectivity index (χ4v) is 3.18. The number of hydrogen-bond acceptors (Lipinski definition) is 4. The van der Waals surface area contributed by atoms with Crippen LogP contribution in [0.2, 0.25) is 5.02 Å². The molecule has 8 heteroatoms. The number of rotatable bonds is 4. The van der Waals surface area contributed by atoms with Crippen LogP contribution in [0.3, 0.4) is 0 Å². The largest absolute Gasteiger partial charge is 0.360 e. The van der Waals surface area contributed by atoms with Crippen LogP contribution in [0.15, 0.2) is 42.5 Å². The van der Waals surface area contributed by atoms with Gasteiger partial charge in [-0.05, 0) is 24.3 Å². The fraction of sp³-hybridized carbons (Fsp3) is 0.278. The fourth-order valence-electron chi connectivity index (χ4n) is 2.99. The average Bonchev–Trinajstić information content (AvgIpc) is 2.62. The van der Waals surface area contributed by atoms with E-state index in [1.807, 2.05) is 0 Å². The lowest BCUT2D eigenvalue weighted by atomic mass is 10.1. The Morgan fingerprint density at radius 3 is 2.62 bits per heavy atom. The van der Waals surface area contributed by atoms with Crippen molar-refractivity contribution in [3.63, 3.8) is 0 Å². The van der Waals surface area contributed by atoms with Gasteiger partial charge in [0, 0.05) is 22.8 Å². The van der Waals surface area contributed by atoms with Crippen LogP contribution in [0.25, 0.3) is 0 Å². The number of carbonyl (C=O) groups excluding carboxylic acids is 1. The zero-order chi connectivity index (χ0) is 18.7. The third-order valence-electron chi connectivity index (χ3n) is 4.48. The smallest absolute Gasteiger partial charge is 0.270 e. The van der Waals surface area contributed by atoms with Crippen LogP contribution < -0.4 is 15.1 Å². The second-order valence-electron chi connectivity index (χ2n) is 6.37. The molecule has 0 saturated carbocycles. The Labute approximate surface area is 156 Å². The Hall–Kier alpha value is -2.64. The molecule has 2 aromatic carbocycles. The normalized spacial score (nSPS) is 14.9. The summed E-state index contributed by atoms with van der Waals surface area (Å²) in [6.45, 7) is 3.49. The molecule has 7 nitrogen and oxygen atoms in total. The van der Waals surface area contributed by atoms with Crippen LogP contribution in [0.5, 0.6) is 0 Å². The number of nitro benzene ring substituents is 1. The number of nitro groups is 1. The number of carbonyl (C=O) groups is 1. The van der Waals surface area contributed by atoms with E-state index in [1.165, 1.54) is 17.0 Å². The number of amides is 1. The second-order valence-corrected chi connectivity index (χ2v) is 6.80. The Morgan fingerprint density at radius 1 is 1.23 bits per heavy atom. The number of hydrogen-bond donors (Lipinski definition) is 2. The first-order valence-corrected chi connectivity index (χ1v) is 8.73. The molecule has 1 saturated heterocycles. The molecule has 1 fully saturated rings. The molecule has 0 radical (unpaired) electrons. The SMILES string of the molecule is C[NH+]1CCN(c2ccc([N+](=O)[O-])cc2C(=O)Nc2cccc(Cl)c2)CC1. The molecule has 2 aromatic rings. The minimum Gasteiger partial charge on any atom is -0.360 e. The van der Waals surface area contributed by atoms with Crippen LogP contribution in [0, 0.1) is 10.1 Å². The summed E-state index contributed by atoms with van der Waals surface area (Å²) in [5.74, 6) is -0.391. The van der Waals surface area contributed by atoms with E-state index in [9.17, 15) is 14.9 Å². The number of likely N-dealkylation sites (N-methyl/N-ethyl adjacent to an activating group) is 1. The van der Waals surface area contributed by atoms with E-state index in [-0.39, 0.29) is 5.69 Å². The van der Waals surface area contributed by atoms with Gasteiger partial charge in [0.05, 0.1) is 49.4 Å². The van der Waals surface area contributed by atoms with Crippen molar-refractivity contribution in [2.24, 2.45) is 0 Å². The predicted molar refractivity (Wildman–Crippen MR) is 101 cm³/mol. The molecule has 1 heterocycles. The number of piperazine rings is 1. The highest BCUT2D eigenvalue weighted by Gasteiger charge is 2.24. The van der Waals surface area contributed by atoms with Crippen LogP contribution in [0.1, 0.15) is 10.4 Å². The first-order valence-electron chi connectivity index (χ1n) is 8.35. The summed E-state index contributed by atoms with van der Waals surface area (Å²) >= 11 is 5.96. The Kier molecular flexibility index (Phi) is 5.39. The zero-order valence-corrected chi connectivity index (χ0v) is 15.1. The van der Waals surface area contributed by atoms with Crippen LogP contribution >= 0.6 is 11.6 Å². The van der Waals surface area contributed by atoms with Gasteiger partial charge in [0.2, 0.25) is 0 Å². The van der Waals surface area contributed by atoms with Gasteiger partial charge in [0.15, 0.2) is 0 Å². The molecule has 136 valence electrons. The number of benzene rings is 2. The molecule has 26 heavy (non-hydrogen) atoms. The van der Waals surface area contributed by atoms with Crippen molar-refractivity contribution in [2.45, 2.75) is 0 Å². The summed E-state index contributed by atoms with van der Waals surface area (Å²) in [4.78, 5) is 27.0. The van der Waals surface area contributed by atoms with Crippen LogP contribution in [-0.4, -0.2) is 44.1 Å². The van der Waals surface area contributed by atoms with E-state index in [1.54, 1.807) is 30.3 Å². The van der Waals surface area contributed by atoms with E-state index in [2.05, 4.69) is 17.3 Å². The molecule has 2 N–H and O–H groups in total. The molecule has 0 bridgehead atoms. The molecule has 0 aromatic heterocycles. The van der Waals surface area contributed by atoms with Crippen molar-refractivity contribution in [3.05, 3.63) is 63.2 Å². The maximum atomic E-state index is 12.8. The minimum atomic E-state index is -0.492. The summed E-state index contributed by atoms with van der Waals surface area (Å²) in [7, 11) is 2.12. The van der Waals surface area contributed by atoms with Gasteiger partial charge in [0.25, 0.3) is 11.6 Å². The number of anilines is 2. The van der Waals surface area contributed by atoms with Crippen molar-refractivity contribution in [1.29, 1.82) is 0 Å². The summed E-state index contributed by atoms with van der Waals surface area (Å²) in [6, 6.07) is 11.2. The highest BCUT2D eigenvalue weighted by molar-refractivity contribution is 6.31. The number of non-ortho nitro benzene ring substituents is 1. The van der Waals surface area contributed by atoms with Crippen molar-refractivity contribution < 1.29 is 14.6 Å². The van der Waals surface area contributed by atoms with E-state index in [0.29, 0.717) is 22.0 Å². The number of nitrogens with zero attached hydrogens (tertiary/aromatic N) is 2. The molecule has 0 atom stereocenters. The van der Waals surface area contributed by atoms with E-state index >= 15 is 0 Å². The topological polar surface area (TPSA) is 79.9 Å². The predicted octanol–water partition coefficient (Wildman–Crippen LogP) is 1.84. The van der Waals surface area contributed by atoms with Crippen LogP contribution in [0.4, 0.5) is 17.1 Å². The number of nitrogens with one attached hydrogen (secondary N) is 2. The van der Waals surface area contributed by atoms with E-state index in [0.717, 1.165) is 26.2 Å². The van der Waals surface area contributed by atoms with Crippen molar-refractivity contribution >= 4 is 34.6 Å². The summed E-state index contributed by atoms with van der Waals surface area (Å²) in [5.41, 5.74) is 1.44. The highest BCUT2D eigenvalue weighted by Crippen LogP contribution is 2.27. The second kappa shape index (κ2) is 7.72. The first-order chi connectivity index (χ1) is 12.4. The first kappa shape index (κ1) is 18.2. The molecule has 1 aliphatic heterocycles. The van der Waals surface area contributed by atoms with Gasteiger partial charge in [-0.15, -0.1) is 0 Å². The van der Waals surface area contributed by atoms with Gasteiger partial charge in [-0.25, -0.2) is 0 Å². The molecule has 3 rings (SSSR count). The van der Waals surface area contributed by atoms with Gasteiger partial charge >= 0.3 is 0 Å². The maximum Gasteiger partial charge on any atom is 0.270 e. The summed E-state index contributed by atoms with van der Waals surface area (Å²) in [5, 5.41) is 14.4. The van der Waals surface area contributed by atoms with Crippen molar-refractivity contribution in [3.8, 4) is 0 Å². The van der Waals surface area contributed by atoms with Crippen LogP contribution in [-0.2, 0) is 0 Å². The quantitative estimate of drug-likeness (QED) is 0.631. The lowest BCUT2D eigenvalue weighted by Gasteiger charge is -2.32. The van der Waals surface area contributed by atoms with E-state index < -0.39 is 10.8 Å². The van der Waals surface area contributed by atoms with Crippen molar-refractivity contribution in [2.75, 3.05) is 43.4 Å². The van der Waals surface area contributed by atoms with Gasteiger partial charge in [-0.2, -0.15) is 0 Å². The molecule has 1 aliphatic rings. The monoisotopic (exact) mass is 375 g/mol. The molecule has 0 aliphatic carbocycles. The Bertz CT molecular complexity index is 835. The van der Waals surface area contributed by atoms with Gasteiger partial charge in [0.1, 0.15) is 0 Å². The third kappa shape index (κ3) is 4.12. The Morgan fingerprint density at radius 2 is 1.96 bits per heavy atom. The van der Waals surface area contributed by atoms with E-state index in [4.69, 9.17) is 11.6 Å². The van der Waals surface area contributed by atoms with Gasteiger partial charge in [-0.3, -0.25) is 14.9 Å². The molecular weight excluding hydrogens is 356 g/mol. The maximum absolute atomic E-state index is 12.8. The molecule has 0 unspecified atom stereocenters. The minimum absolute atomic E-state index is 0.107. The number of quaternary nitrogens is 1. The standard InChI is InChI=1S/C18H19ClN4O3/c1-21-7-9-22(10-8-21)17-6-5-15(23(25)26)12-16(17)18(24)20-14-4-2-3-13(19)11-14/h2-6,11-12H,7-10H2,1H3,(H,20,24)/p+1. The molecule has 0 spiro atoms. The zero-order valence-electron chi connectivity index (χ0n) is 14.4.